The molecular formula is C15H11F3N4O3. The zero-order valence-electron chi connectivity index (χ0n) is 12.8. The van der Waals surface area contributed by atoms with Crippen LogP contribution in [0.3, 0.4) is 0 Å². The van der Waals surface area contributed by atoms with E-state index in [-0.39, 0.29) is 23.4 Å². The van der Waals surface area contributed by atoms with Crippen LogP contribution in [-0.2, 0) is 12.7 Å². The van der Waals surface area contributed by atoms with Gasteiger partial charge in [-0.25, -0.2) is 14.5 Å². The van der Waals surface area contributed by atoms with Gasteiger partial charge >= 0.3 is 12.1 Å². The number of carboxylic acid groups (broad SMARTS) is 1. The molecule has 0 saturated heterocycles. The molecule has 3 aromatic rings. The van der Waals surface area contributed by atoms with Crippen molar-refractivity contribution in [3.05, 3.63) is 57.3 Å². The summed E-state index contributed by atoms with van der Waals surface area (Å²) in [5.74, 6) is -1.13. The lowest BCUT2D eigenvalue weighted by atomic mass is 10.1. The van der Waals surface area contributed by atoms with Gasteiger partial charge in [-0.15, -0.1) is 0 Å². The van der Waals surface area contributed by atoms with Crippen LogP contribution in [0, 0.1) is 6.92 Å². The second kappa shape index (κ2) is 5.72. The van der Waals surface area contributed by atoms with Gasteiger partial charge in [-0.05, 0) is 24.6 Å². The Labute approximate surface area is 137 Å². The Kier molecular flexibility index (Phi) is 3.82. The number of halogens is 3. The molecule has 130 valence electrons. The van der Waals surface area contributed by atoms with Crippen LogP contribution in [0.2, 0.25) is 0 Å². The average molecular weight is 352 g/mol. The van der Waals surface area contributed by atoms with Crippen molar-refractivity contribution in [1.29, 1.82) is 0 Å². The first-order chi connectivity index (χ1) is 11.7. The van der Waals surface area contributed by atoms with Crippen molar-refractivity contribution in [1.82, 2.24) is 19.7 Å². The minimum Gasteiger partial charge on any atom is -0.476 e. The third kappa shape index (κ3) is 3.10. The third-order valence-electron chi connectivity index (χ3n) is 3.54. The molecule has 0 fully saturated rings. The number of nitrogens with zero attached hydrogens (tertiary/aromatic N) is 3. The number of hydrogen-bond acceptors (Lipinski definition) is 4. The molecule has 0 aliphatic carbocycles. The number of aromatic carboxylic acids is 1. The molecule has 0 aliphatic rings. The number of fused-ring (bicyclic) bond motifs is 1. The van der Waals surface area contributed by atoms with Gasteiger partial charge in [0, 0.05) is 0 Å². The molecule has 0 spiro atoms. The number of aryl methyl sites for hydroxylation is 1. The van der Waals surface area contributed by atoms with Gasteiger partial charge in [0.1, 0.15) is 11.2 Å². The number of hydrogen-bond donors (Lipinski definition) is 2. The number of alkyl halides is 3. The lowest BCUT2D eigenvalue weighted by molar-refractivity contribution is -0.137. The highest BCUT2D eigenvalue weighted by molar-refractivity contribution is 5.99. The standard InChI is InChI=1S/C15H11F3N4O3/c1-7-19-12-10(13(23)20-7)11(14(24)25)21-22(12)6-8-2-4-9(5-3-8)15(16,17)18/h2-5H,6H2,1H3,(H,24,25)(H,19,20,23). The third-order valence-corrected chi connectivity index (χ3v) is 3.54. The monoisotopic (exact) mass is 352 g/mol. The topological polar surface area (TPSA) is 101 Å². The Morgan fingerprint density at radius 3 is 2.48 bits per heavy atom. The van der Waals surface area contributed by atoms with E-state index in [9.17, 15) is 27.9 Å². The summed E-state index contributed by atoms with van der Waals surface area (Å²) in [4.78, 5) is 29.8. The van der Waals surface area contributed by atoms with E-state index in [1.807, 2.05) is 0 Å². The summed E-state index contributed by atoms with van der Waals surface area (Å²) in [6.07, 6.45) is -4.45. The SMILES string of the molecule is Cc1nc2c(c(C(=O)O)nn2Cc2ccc(C(F)(F)F)cc2)c(=O)[nH]1. The van der Waals surface area contributed by atoms with Crippen LogP contribution < -0.4 is 5.56 Å². The Balaban J connectivity index is 2.07. The molecule has 25 heavy (non-hydrogen) atoms. The molecule has 0 radical (unpaired) electrons. The number of rotatable bonds is 3. The van der Waals surface area contributed by atoms with Crippen LogP contribution >= 0.6 is 0 Å². The molecule has 0 saturated carbocycles. The second-order valence-electron chi connectivity index (χ2n) is 5.36. The molecule has 0 unspecified atom stereocenters. The van der Waals surface area contributed by atoms with E-state index in [2.05, 4.69) is 15.1 Å². The number of carboxylic acids is 1. The predicted octanol–water partition coefficient (Wildman–Crippen LogP) is 2.19. The second-order valence-corrected chi connectivity index (χ2v) is 5.36. The van der Waals surface area contributed by atoms with Crippen molar-refractivity contribution in [2.45, 2.75) is 19.6 Å². The number of benzene rings is 1. The molecule has 0 atom stereocenters. The van der Waals surface area contributed by atoms with E-state index in [1.54, 1.807) is 0 Å². The number of aromatic nitrogens is 4. The van der Waals surface area contributed by atoms with Crippen molar-refractivity contribution in [2.24, 2.45) is 0 Å². The fourth-order valence-corrected chi connectivity index (χ4v) is 2.42. The number of H-pyrrole nitrogens is 1. The van der Waals surface area contributed by atoms with Crippen molar-refractivity contribution in [2.75, 3.05) is 0 Å². The van der Waals surface area contributed by atoms with E-state index in [0.29, 0.717) is 5.56 Å². The van der Waals surface area contributed by atoms with Crippen molar-refractivity contribution in [3.63, 3.8) is 0 Å². The largest absolute Gasteiger partial charge is 0.476 e. The molecule has 1 aromatic carbocycles. The molecule has 10 heteroatoms. The number of carbonyl (C=O) groups is 1. The normalized spacial score (nSPS) is 11.8. The van der Waals surface area contributed by atoms with Gasteiger partial charge in [-0.3, -0.25) is 4.79 Å². The quantitative estimate of drug-likeness (QED) is 0.752. The highest BCUT2D eigenvalue weighted by atomic mass is 19.4. The molecule has 2 N–H and O–H groups in total. The minimum absolute atomic E-state index is 0.0299. The molecule has 2 heterocycles. The molecule has 0 bridgehead atoms. The predicted molar refractivity (Wildman–Crippen MR) is 80.4 cm³/mol. The lowest BCUT2D eigenvalue weighted by Crippen LogP contribution is -2.12. The number of aromatic amines is 1. The maximum Gasteiger partial charge on any atom is 0.416 e. The first-order valence-corrected chi connectivity index (χ1v) is 7.03. The summed E-state index contributed by atoms with van der Waals surface area (Å²) in [6.45, 7) is 1.49. The van der Waals surface area contributed by atoms with Crippen molar-refractivity contribution < 1.29 is 23.1 Å². The fourth-order valence-electron chi connectivity index (χ4n) is 2.42. The first-order valence-electron chi connectivity index (χ1n) is 7.03. The molecule has 0 aliphatic heterocycles. The summed E-state index contributed by atoms with van der Waals surface area (Å²) < 4.78 is 39.0. The van der Waals surface area contributed by atoms with Gasteiger partial charge in [0.05, 0.1) is 12.1 Å². The highest BCUT2D eigenvalue weighted by Crippen LogP contribution is 2.29. The molecule has 2 aromatic heterocycles. The molecule has 3 rings (SSSR count). The van der Waals surface area contributed by atoms with Gasteiger partial charge in [0.15, 0.2) is 11.3 Å². The van der Waals surface area contributed by atoms with Gasteiger partial charge in [-0.2, -0.15) is 18.3 Å². The molecular weight excluding hydrogens is 341 g/mol. The first kappa shape index (κ1) is 16.7. The van der Waals surface area contributed by atoms with Crippen LogP contribution in [0.15, 0.2) is 29.1 Å². The van der Waals surface area contributed by atoms with E-state index in [0.717, 1.165) is 12.1 Å². The van der Waals surface area contributed by atoms with Crippen LogP contribution in [0.25, 0.3) is 11.0 Å². The van der Waals surface area contributed by atoms with Crippen LogP contribution in [0.1, 0.15) is 27.4 Å². The Morgan fingerprint density at radius 1 is 1.28 bits per heavy atom. The van der Waals surface area contributed by atoms with E-state index in [1.165, 1.54) is 23.7 Å². The van der Waals surface area contributed by atoms with Gasteiger partial charge in [0.25, 0.3) is 5.56 Å². The van der Waals surface area contributed by atoms with Gasteiger partial charge in [0.2, 0.25) is 0 Å². The fraction of sp³-hybridized carbons (Fsp3) is 0.200. The van der Waals surface area contributed by atoms with E-state index < -0.39 is 29.0 Å². The smallest absolute Gasteiger partial charge is 0.416 e. The van der Waals surface area contributed by atoms with Crippen LogP contribution in [0.4, 0.5) is 13.2 Å². The molecule has 0 amide bonds. The summed E-state index contributed by atoms with van der Waals surface area (Å²) in [6, 6.07) is 4.36. The van der Waals surface area contributed by atoms with Gasteiger partial charge < -0.3 is 10.1 Å². The van der Waals surface area contributed by atoms with Crippen molar-refractivity contribution in [3.8, 4) is 0 Å². The Morgan fingerprint density at radius 2 is 1.92 bits per heavy atom. The molecule has 7 nitrogen and oxygen atoms in total. The summed E-state index contributed by atoms with van der Waals surface area (Å²) in [5, 5.41) is 12.9. The lowest BCUT2D eigenvalue weighted by Gasteiger charge is -2.08. The minimum atomic E-state index is -4.45. The number of nitrogens with one attached hydrogen (secondary N) is 1. The zero-order chi connectivity index (χ0) is 18.4. The summed E-state index contributed by atoms with van der Waals surface area (Å²) >= 11 is 0. The maximum atomic E-state index is 12.6. The summed E-state index contributed by atoms with van der Waals surface area (Å²) in [7, 11) is 0. The van der Waals surface area contributed by atoms with E-state index >= 15 is 0 Å². The summed E-state index contributed by atoms with van der Waals surface area (Å²) in [5.41, 5.74) is -1.39. The maximum absolute atomic E-state index is 12.6. The van der Waals surface area contributed by atoms with Gasteiger partial charge in [-0.1, -0.05) is 12.1 Å². The average Bonchev–Trinajstić information content (AvgIpc) is 2.86. The Bertz CT molecular complexity index is 1020. The van der Waals surface area contributed by atoms with E-state index in [4.69, 9.17) is 0 Å². The van der Waals surface area contributed by atoms with Crippen LogP contribution in [0.5, 0.6) is 0 Å². The Hall–Kier alpha value is -3.17. The highest BCUT2D eigenvalue weighted by Gasteiger charge is 2.30. The van der Waals surface area contributed by atoms with Crippen molar-refractivity contribution >= 4 is 17.0 Å². The van der Waals surface area contributed by atoms with Crippen LogP contribution in [-0.4, -0.2) is 30.8 Å². The zero-order valence-corrected chi connectivity index (χ0v) is 12.8.